The molecule has 0 aliphatic carbocycles. The van der Waals surface area contributed by atoms with Gasteiger partial charge < -0.3 is 39.8 Å². The lowest BCUT2D eigenvalue weighted by molar-refractivity contribution is -0.129. The van der Waals surface area contributed by atoms with Crippen molar-refractivity contribution in [2.24, 2.45) is 0 Å². The van der Waals surface area contributed by atoms with Gasteiger partial charge in [0.1, 0.15) is 18.3 Å². The maximum absolute atomic E-state index is 12.7. The molecule has 0 spiro atoms. The van der Waals surface area contributed by atoms with Crippen LogP contribution in [0.5, 0.6) is 0 Å². The van der Waals surface area contributed by atoms with Gasteiger partial charge in [-0.05, 0) is 6.26 Å². The molecule has 0 saturated carbocycles. The normalized spacial score (nSPS) is 24.5. The molecular weight excluding hydrogens is 680 g/mol. The number of hydrogen-bond acceptors (Lipinski definition) is 14. The van der Waals surface area contributed by atoms with Gasteiger partial charge >= 0.3 is 29.2 Å². The Labute approximate surface area is 243 Å². The standard InChI is InChI=1S/C17H27F3N5O12P3S2/c1-41-5-3-21-13-10-14(24-16(23-13)42-4-2-17(18,19)20)25(7-22-10)15-12(27)11(26)9(36-15)6-35-40(33,34)37-39(31,32)8-38(28,29)30/h7,9,11-12,15,26-27H,2-6,8H2,1H3,(H,31,32)(H,33,34)(H,21,23,24)(H2,28,29,30)/t9-,11+,12-,15-/m1/s1. The number of aliphatic hydroxyl groups is 2. The number of rotatable bonds is 15. The number of nitrogens with zero attached hydrogens (tertiary/aromatic N) is 4. The third kappa shape index (κ3) is 10.4. The van der Waals surface area contributed by atoms with Crippen LogP contribution in [-0.2, 0) is 27.3 Å². The first-order valence-corrected chi connectivity index (χ1v) is 19.0. The summed E-state index contributed by atoms with van der Waals surface area (Å²) < 4.78 is 88.0. The van der Waals surface area contributed by atoms with Crippen LogP contribution >= 0.6 is 46.5 Å². The Bertz CT molecular complexity index is 1380. The molecule has 0 bridgehead atoms. The second-order valence-corrected chi connectivity index (χ2v) is 16.3. The highest BCUT2D eigenvalue weighted by Crippen LogP contribution is 2.65. The quantitative estimate of drug-likeness (QED) is 0.0602. The molecule has 1 aliphatic rings. The zero-order chi connectivity index (χ0) is 31.5. The van der Waals surface area contributed by atoms with E-state index >= 15 is 0 Å². The molecule has 1 aliphatic heterocycles. The second-order valence-electron chi connectivity index (χ2n) is 8.65. The summed E-state index contributed by atoms with van der Waals surface area (Å²) in [6, 6.07) is 0. The number of phosphoric ester groups is 1. The topological polar surface area (TPSA) is 256 Å². The Kier molecular flexibility index (Phi) is 11.9. The molecule has 1 saturated heterocycles. The van der Waals surface area contributed by atoms with Gasteiger partial charge in [0.2, 0.25) is 0 Å². The second kappa shape index (κ2) is 14.1. The van der Waals surface area contributed by atoms with Crippen LogP contribution in [-0.4, -0.2) is 111 Å². The van der Waals surface area contributed by atoms with E-state index in [2.05, 4.69) is 29.1 Å². The van der Waals surface area contributed by atoms with Crippen LogP contribution in [0.4, 0.5) is 19.0 Å². The van der Waals surface area contributed by atoms with Crippen molar-refractivity contribution < 1.29 is 70.2 Å². The van der Waals surface area contributed by atoms with E-state index in [9.17, 15) is 46.9 Å². The van der Waals surface area contributed by atoms with Gasteiger partial charge in [-0.2, -0.15) is 24.9 Å². The number of aliphatic hydroxyl groups excluding tert-OH is 2. The van der Waals surface area contributed by atoms with E-state index < -0.39 is 72.7 Å². The van der Waals surface area contributed by atoms with Crippen molar-refractivity contribution in [1.29, 1.82) is 0 Å². The monoisotopic (exact) mass is 707 g/mol. The van der Waals surface area contributed by atoms with Gasteiger partial charge in [0.15, 0.2) is 34.3 Å². The number of nitrogens with one attached hydrogen (secondary N) is 1. The fourth-order valence-electron chi connectivity index (χ4n) is 3.51. The third-order valence-corrected chi connectivity index (χ3v) is 11.9. The lowest BCUT2D eigenvalue weighted by atomic mass is 10.1. The molecule has 0 amide bonds. The summed E-state index contributed by atoms with van der Waals surface area (Å²) in [5, 5.41) is 24.1. The highest BCUT2D eigenvalue weighted by atomic mass is 32.2. The van der Waals surface area contributed by atoms with Crippen molar-refractivity contribution in [2.45, 2.75) is 42.3 Å². The first-order chi connectivity index (χ1) is 19.3. The number of alkyl halides is 3. The zero-order valence-electron chi connectivity index (χ0n) is 21.3. The molecule has 0 radical (unpaired) electrons. The molecule has 2 aromatic heterocycles. The maximum atomic E-state index is 12.7. The van der Waals surface area contributed by atoms with Gasteiger partial charge in [0, 0.05) is 18.1 Å². The summed E-state index contributed by atoms with van der Waals surface area (Å²) in [5.74, 6) is -1.30. The molecule has 6 atom stereocenters. The van der Waals surface area contributed by atoms with E-state index in [1.165, 1.54) is 11.8 Å². The van der Waals surface area contributed by atoms with Crippen LogP contribution in [0.15, 0.2) is 11.5 Å². The summed E-state index contributed by atoms with van der Waals surface area (Å²) in [5.41, 5.74) is 0.178. The zero-order valence-corrected chi connectivity index (χ0v) is 25.7. The lowest BCUT2D eigenvalue weighted by Gasteiger charge is -2.19. The van der Waals surface area contributed by atoms with E-state index in [1.807, 2.05) is 6.26 Å². The Morgan fingerprint density at radius 3 is 2.43 bits per heavy atom. The highest BCUT2D eigenvalue weighted by molar-refractivity contribution is 7.99. The number of thioether (sulfide) groups is 2. The van der Waals surface area contributed by atoms with E-state index in [1.54, 1.807) is 0 Å². The minimum Gasteiger partial charge on any atom is -0.387 e. The molecule has 7 N–H and O–H groups in total. The molecule has 42 heavy (non-hydrogen) atoms. The number of aromatic nitrogens is 4. The number of ether oxygens (including phenoxy) is 1. The van der Waals surface area contributed by atoms with Crippen LogP contribution in [0.3, 0.4) is 0 Å². The molecule has 2 unspecified atom stereocenters. The van der Waals surface area contributed by atoms with Gasteiger partial charge in [0.05, 0.1) is 19.4 Å². The van der Waals surface area contributed by atoms with Gasteiger partial charge in [-0.1, -0.05) is 11.8 Å². The lowest BCUT2D eigenvalue weighted by Crippen LogP contribution is -2.33. The summed E-state index contributed by atoms with van der Waals surface area (Å²) in [4.78, 5) is 49.5. The van der Waals surface area contributed by atoms with Crippen LogP contribution in [0.25, 0.3) is 11.2 Å². The van der Waals surface area contributed by atoms with E-state index in [-0.39, 0.29) is 27.9 Å². The Morgan fingerprint density at radius 2 is 1.81 bits per heavy atom. The molecule has 240 valence electrons. The molecule has 3 heterocycles. The number of fused-ring (bicyclic) bond motifs is 1. The average Bonchev–Trinajstić information content (AvgIpc) is 3.35. The number of halogens is 3. The largest absolute Gasteiger partial charge is 0.479 e. The average molecular weight is 707 g/mol. The van der Waals surface area contributed by atoms with Gasteiger partial charge in [-0.3, -0.25) is 18.2 Å². The molecular formula is C17H27F3N5O12P3S2. The van der Waals surface area contributed by atoms with Crippen LogP contribution in [0.2, 0.25) is 0 Å². The predicted molar refractivity (Wildman–Crippen MR) is 143 cm³/mol. The Hall–Kier alpha value is -0.830. The van der Waals surface area contributed by atoms with Crippen molar-refractivity contribution in [2.75, 3.05) is 42.1 Å². The molecule has 0 aromatic carbocycles. The minimum atomic E-state index is -5.43. The summed E-state index contributed by atoms with van der Waals surface area (Å²) in [6.45, 7) is -0.578. The number of anilines is 1. The third-order valence-electron chi connectivity index (χ3n) is 5.22. The first kappa shape index (κ1) is 35.6. The summed E-state index contributed by atoms with van der Waals surface area (Å²) in [6.07, 6.45) is -8.97. The molecule has 3 rings (SSSR count). The van der Waals surface area contributed by atoms with Crippen molar-refractivity contribution in [1.82, 2.24) is 19.5 Å². The molecule has 1 fully saturated rings. The van der Waals surface area contributed by atoms with Crippen molar-refractivity contribution >= 4 is 63.5 Å². The van der Waals surface area contributed by atoms with Crippen LogP contribution in [0, 0.1) is 0 Å². The van der Waals surface area contributed by atoms with Crippen LogP contribution < -0.4 is 5.32 Å². The van der Waals surface area contributed by atoms with E-state index in [0.717, 1.165) is 22.7 Å². The SMILES string of the molecule is CSCCNc1nc(SCCC(F)(F)F)nc2c1ncn2[C@@H]1O[C@H](COP(=O)(O)OP(=O)(O)CP(=O)(O)O)[C@H](O)[C@H]1O. The van der Waals surface area contributed by atoms with Crippen molar-refractivity contribution in [3.8, 4) is 0 Å². The van der Waals surface area contributed by atoms with Gasteiger partial charge in [-0.15, -0.1) is 0 Å². The van der Waals surface area contributed by atoms with Crippen molar-refractivity contribution in [3.05, 3.63) is 6.33 Å². The fourth-order valence-corrected chi connectivity index (χ4v) is 8.98. The molecule has 25 heteroatoms. The number of imidazole rings is 1. The minimum absolute atomic E-state index is 0.0128. The van der Waals surface area contributed by atoms with Gasteiger partial charge in [0.25, 0.3) is 0 Å². The summed E-state index contributed by atoms with van der Waals surface area (Å²) >= 11 is 2.24. The van der Waals surface area contributed by atoms with E-state index in [0.29, 0.717) is 12.3 Å². The Morgan fingerprint density at radius 1 is 1.12 bits per heavy atom. The molecule has 2 aromatic rings. The fraction of sp³-hybridized carbons (Fsp3) is 0.706. The highest BCUT2D eigenvalue weighted by Gasteiger charge is 2.46. The van der Waals surface area contributed by atoms with Gasteiger partial charge in [-0.25, -0.2) is 23.8 Å². The van der Waals surface area contributed by atoms with Crippen molar-refractivity contribution in [3.63, 3.8) is 0 Å². The Balaban J connectivity index is 1.80. The number of phosphoric acid groups is 1. The number of hydrogen-bond donors (Lipinski definition) is 7. The molecule has 17 nitrogen and oxygen atoms in total. The van der Waals surface area contributed by atoms with E-state index in [4.69, 9.17) is 14.5 Å². The predicted octanol–water partition coefficient (Wildman–Crippen LogP) is 1.72. The maximum Gasteiger partial charge on any atom is 0.479 e. The van der Waals surface area contributed by atoms with Crippen LogP contribution in [0.1, 0.15) is 12.6 Å². The first-order valence-electron chi connectivity index (χ1n) is 11.5. The summed E-state index contributed by atoms with van der Waals surface area (Å²) in [7, 11) is -15.8. The smallest absolute Gasteiger partial charge is 0.387 e.